The molecule has 1 aromatic rings. The van der Waals surface area contributed by atoms with Crippen LogP contribution in [0.5, 0.6) is 0 Å². The number of hydrogen-bond acceptors (Lipinski definition) is 3. The van der Waals surface area contributed by atoms with Crippen LogP contribution in [0.2, 0.25) is 0 Å². The second-order valence-corrected chi connectivity index (χ2v) is 3.25. The molecule has 2 atom stereocenters. The van der Waals surface area contributed by atoms with Gasteiger partial charge in [0.2, 0.25) is 0 Å². The van der Waals surface area contributed by atoms with E-state index in [9.17, 15) is 22.7 Å². The van der Waals surface area contributed by atoms with Gasteiger partial charge in [0.15, 0.2) is 6.10 Å². The lowest BCUT2D eigenvalue weighted by Crippen LogP contribution is -2.18. The zero-order valence-corrected chi connectivity index (χ0v) is 8.24. The summed E-state index contributed by atoms with van der Waals surface area (Å²) in [5.74, 6) is -1.13. The van der Waals surface area contributed by atoms with Gasteiger partial charge in [-0.05, 0) is 18.2 Å². The summed E-state index contributed by atoms with van der Waals surface area (Å²) in [6.45, 7) is 0. The lowest BCUT2D eigenvalue weighted by Gasteiger charge is -2.15. The average molecular weight is 249 g/mol. The van der Waals surface area contributed by atoms with Crippen molar-refractivity contribution in [3.05, 3.63) is 35.1 Å². The Morgan fingerprint density at radius 2 is 1.82 bits per heavy atom. The summed E-state index contributed by atoms with van der Waals surface area (Å²) in [6.07, 6.45) is -8.71. The fourth-order valence-electron chi connectivity index (χ4n) is 1.19. The Bertz CT molecular complexity index is 453. The Morgan fingerprint density at radius 3 is 2.29 bits per heavy atom. The second-order valence-electron chi connectivity index (χ2n) is 3.25. The van der Waals surface area contributed by atoms with Gasteiger partial charge in [-0.3, -0.25) is 0 Å². The highest BCUT2D eigenvalue weighted by atomic mass is 19.4. The highest BCUT2D eigenvalue weighted by Crippen LogP contribution is 2.32. The van der Waals surface area contributed by atoms with Crippen molar-refractivity contribution in [3.63, 3.8) is 0 Å². The average Bonchev–Trinajstić information content (AvgIpc) is 2.26. The van der Waals surface area contributed by atoms with E-state index in [4.69, 9.17) is 10.4 Å². The van der Waals surface area contributed by atoms with Crippen LogP contribution < -0.4 is 0 Å². The van der Waals surface area contributed by atoms with Gasteiger partial charge in [-0.1, -0.05) is 0 Å². The van der Waals surface area contributed by atoms with E-state index in [1.807, 2.05) is 0 Å². The highest BCUT2D eigenvalue weighted by Gasteiger charge is 2.32. The maximum Gasteiger partial charge on any atom is 0.416 e. The number of alkyl halides is 3. The summed E-state index contributed by atoms with van der Waals surface area (Å²) in [5.41, 5.74) is -1.94. The highest BCUT2D eigenvalue weighted by molar-refractivity contribution is 5.30. The molecule has 0 aliphatic carbocycles. The molecule has 0 saturated carbocycles. The Hall–Kier alpha value is -1.65. The van der Waals surface area contributed by atoms with Crippen molar-refractivity contribution in [1.29, 1.82) is 5.26 Å². The fraction of sp³-hybridized carbons (Fsp3) is 0.300. The number of halogens is 4. The smallest absolute Gasteiger partial charge is 0.384 e. The van der Waals surface area contributed by atoms with Crippen molar-refractivity contribution in [2.24, 2.45) is 0 Å². The van der Waals surface area contributed by atoms with Gasteiger partial charge in [-0.15, -0.1) is 0 Å². The van der Waals surface area contributed by atoms with E-state index in [1.54, 1.807) is 0 Å². The van der Waals surface area contributed by atoms with Crippen molar-refractivity contribution in [1.82, 2.24) is 0 Å². The van der Waals surface area contributed by atoms with Gasteiger partial charge < -0.3 is 10.2 Å². The third kappa shape index (κ3) is 2.93. The van der Waals surface area contributed by atoms with Crippen LogP contribution in [0.15, 0.2) is 18.2 Å². The van der Waals surface area contributed by atoms with E-state index in [0.29, 0.717) is 18.2 Å². The zero-order valence-electron chi connectivity index (χ0n) is 8.24. The molecule has 1 rings (SSSR count). The van der Waals surface area contributed by atoms with Crippen molar-refractivity contribution < 1.29 is 27.8 Å². The number of aliphatic hydroxyl groups is 2. The van der Waals surface area contributed by atoms with Crippen molar-refractivity contribution in [2.75, 3.05) is 0 Å². The number of hydrogen-bond donors (Lipinski definition) is 2. The quantitative estimate of drug-likeness (QED) is 0.620. The number of aliphatic hydroxyl groups excluding tert-OH is 2. The van der Waals surface area contributed by atoms with E-state index in [2.05, 4.69) is 0 Å². The lowest BCUT2D eigenvalue weighted by atomic mass is 10.0. The van der Waals surface area contributed by atoms with Crippen LogP contribution in [0.3, 0.4) is 0 Å². The minimum absolute atomic E-state index is 0.362. The molecule has 0 aliphatic rings. The van der Waals surface area contributed by atoms with E-state index in [1.165, 1.54) is 6.07 Å². The topological polar surface area (TPSA) is 64.2 Å². The maximum absolute atomic E-state index is 13.2. The van der Waals surface area contributed by atoms with Gasteiger partial charge in [0, 0.05) is 5.56 Å². The first-order valence-corrected chi connectivity index (χ1v) is 4.39. The van der Waals surface area contributed by atoms with Crippen LogP contribution in [0.4, 0.5) is 17.6 Å². The normalized spacial score (nSPS) is 15.1. The van der Waals surface area contributed by atoms with Crippen LogP contribution in [-0.2, 0) is 6.18 Å². The molecule has 0 fully saturated rings. The maximum atomic E-state index is 13.2. The third-order valence-electron chi connectivity index (χ3n) is 2.07. The first-order chi connectivity index (χ1) is 7.77. The van der Waals surface area contributed by atoms with E-state index in [0.717, 1.165) is 0 Å². The van der Waals surface area contributed by atoms with Crippen LogP contribution in [0, 0.1) is 17.1 Å². The molecule has 2 N–H and O–H groups in total. The predicted molar refractivity (Wildman–Crippen MR) is 48.0 cm³/mol. The van der Waals surface area contributed by atoms with Gasteiger partial charge in [0.1, 0.15) is 11.9 Å². The van der Waals surface area contributed by atoms with E-state index < -0.39 is 35.3 Å². The van der Waals surface area contributed by atoms with Gasteiger partial charge in [0.25, 0.3) is 0 Å². The molecule has 0 aliphatic heterocycles. The Labute approximate surface area is 93.5 Å². The first kappa shape index (κ1) is 13.4. The van der Waals surface area contributed by atoms with Crippen molar-refractivity contribution in [2.45, 2.75) is 18.4 Å². The van der Waals surface area contributed by atoms with Crippen molar-refractivity contribution >= 4 is 0 Å². The summed E-state index contributed by atoms with van der Waals surface area (Å²) >= 11 is 0. The molecule has 2 unspecified atom stereocenters. The monoisotopic (exact) mass is 249 g/mol. The molecule has 0 spiro atoms. The molecule has 92 valence electrons. The van der Waals surface area contributed by atoms with E-state index in [-0.39, 0.29) is 0 Å². The molecule has 17 heavy (non-hydrogen) atoms. The third-order valence-corrected chi connectivity index (χ3v) is 2.07. The van der Waals surface area contributed by atoms with E-state index >= 15 is 0 Å². The van der Waals surface area contributed by atoms with Crippen molar-refractivity contribution in [3.8, 4) is 6.07 Å². The summed E-state index contributed by atoms with van der Waals surface area (Å²) in [6, 6.07) is 2.59. The predicted octanol–water partition coefficient (Wildman–Crippen LogP) is 1.76. The molecular formula is C10H7F4NO2. The molecule has 0 amide bonds. The SMILES string of the molecule is N#CC(O)C(O)c1cc(C(F)(F)F)ccc1F. The number of rotatable bonds is 2. The molecule has 0 aromatic heterocycles. The number of benzene rings is 1. The molecule has 7 heteroatoms. The van der Waals surface area contributed by atoms with Crippen LogP contribution in [0.1, 0.15) is 17.2 Å². The zero-order chi connectivity index (χ0) is 13.2. The van der Waals surface area contributed by atoms with Crippen LogP contribution in [0.25, 0.3) is 0 Å². The molecule has 0 saturated heterocycles. The number of nitriles is 1. The summed E-state index contributed by atoms with van der Waals surface area (Å²) in [5, 5.41) is 26.5. The fourth-order valence-corrected chi connectivity index (χ4v) is 1.19. The molecule has 0 radical (unpaired) electrons. The van der Waals surface area contributed by atoms with Crippen LogP contribution in [-0.4, -0.2) is 16.3 Å². The largest absolute Gasteiger partial charge is 0.416 e. The molecule has 3 nitrogen and oxygen atoms in total. The van der Waals surface area contributed by atoms with Gasteiger partial charge >= 0.3 is 6.18 Å². The Morgan fingerprint density at radius 1 is 1.24 bits per heavy atom. The van der Waals surface area contributed by atoms with Gasteiger partial charge in [-0.25, -0.2) is 4.39 Å². The second kappa shape index (κ2) is 4.69. The number of nitrogens with zero attached hydrogens (tertiary/aromatic N) is 1. The van der Waals surface area contributed by atoms with Gasteiger partial charge in [0.05, 0.1) is 11.6 Å². The summed E-state index contributed by atoms with van der Waals surface area (Å²) in [4.78, 5) is 0. The molecule has 0 bridgehead atoms. The standard InChI is InChI=1S/C10H7F4NO2/c11-7-2-1-5(10(12,13)14)3-6(7)9(17)8(16)4-15/h1-3,8-9,16-17H. The summed E-state index contributed by atoms with van der Waals surface area (Å²) in [7, 11) is 0. The van der Waals surface area contributed by atoms with Crippen LogP contribution >= 0.6 is 0 Å². The minimum atomic E-state index is -4.69. The minimum Gasteiger partial charge on any atom is -0.384 e. The Kier molecular flexibility index (Phi) is 3.70. The molecular weight excluding hydrogens is 242 g/mol. The molecule has 0 heterocycles. The van der Waals surface area contributed by atoms with Gasteiger partial charge in [-0.2, -0.15) is 18.4 Å². The lowest BCUT2D eigenvalue weighted by molar-refractivity contribution is -0.137. The summed E-state index contributed by atoms with van der Waals surface area (Å²) < 4.78 is 50.1. The molecule has 1 aromatic carbocycles. The first-order valence-electron chi connectivity index (χ1n) is 4.39. The Balaban J connectivity index is 3.21.